The third-order valence-electron chi connectivity index (χ3n) is 3.97. The highest BCUT2D eigenvalue weighted by molar-refractivity contribution is 7.85. The van der Waals surface area contributed by atoms with E-state index >= 15 is 0 Å². The van der Waals surface area contributed by atoms with Crippen LogP contribution in [0, 0.1) is 6.92 Å². The molecule has 1 saturated heterocycles. The highest BCUT2D eigenvalue weighted by Gasteiger charge is 2.31. The maximum absolute atomic E-state index is 12.5. The lowest BCUT2D eigenvalue weighted by molar-refractivity contribution is 0.0735. The first-order chi connectivity index (χ1) is 9.58. The summed E-state index contributed by atoms with van der Waals surface area (Å²) in [4.78, 5) is 26.1. The molecule has 0 bridgehead atoms. The molecular formula is C14H17NO4S. The molecule has 2 heterocycles. The van der Waals surface area contributed by atoms with Gasteiger partial charge in [0.2, 0.25) is 0 Å². The van der Waals surface area contributed by atoms with Crippen LogP contribution in [0.5, 0.6) is 0 Å². The largest absolute Gasteiger partial charge is 0.455 e. The van der Waals surface area contributed by atoms with E-state index in [1.165, 1.54) is 0 Å². The quantitative estimate of drug-likeness (QED) is 0.783. The first-order valence-electron chi connectivity index (χ1n) is 6.87. The van der Waals surface area contributed by atoms with Gasteiger partial charge in [0.05, 0.1) is 5.56 Å². The summed E-state index contributed by atoms with van der Waals surface area (Å²) < 4.78 is 17.0. The molecule has 0 atom stereocenters. The van der Waals surface area contributed by atoms with Crippen LogP contribution in [0.15, 0.2) is 4.42 Å². The van der Waals surface area contributed by atoms with E-state index in [4.69, 9.17) is 4.42 Å². The van der Waals surface area contributed by atoms with E-state index in [9.17, 15) is 13.8 Å². The molecule has 0 N–H and O–H groups in total. The van der Waals surface area contributed by atoms with Crippen LogP contribution in [0.25, 0.3) is 0 Å². The second-order valence-corrected chi connectivity index (χ2v) is 6.97. The number of furan rings is 1. The Morgan fingerprint density at radius 2 is 1.95 bits per heavy atom. The number of carbonyl (C=O) groups excluding carboxylic acids is 2. The lowest BCUT2D eigenvalue weighted by Crippen LogP contribution is -2.41. The summed E-state index contributed by atoms with van der Waals surface area (Å²) in [6.45, 7) is 2.76. The van der Waals surface area contributed by atoms with Crippen molar-refractivity contribution in [3.05, 3.63) is 22.6 Å². The molecule has 2 aliphatic rings. The molecule has 0 saturated carbocycles. The summed E-state index contributed by atoms with van der Waals surface area (Å²) in [7, 11) is -0.816. The number of hydrogen-bond acceptors (Lipinski definition) is 4. The van der Waals surface area contributed by atoms with Gasteiger partial charge >= 0.3 is 0 Å². The van der Waals surface area contributed by atoms with Crippen LogP contribution < -0.4 is 0 Å². The summed E-state index contributed by atoms with van der Waals surface area (Å²) in [5, 5.41) is 0. The van der Waals surface area contributed by atoms with E-state index in [0.29, 0.717) is 47.9 Å². The van der Waals surface area contributed by atoms with Crippen molar-refractivity contribution in [2.24, 2.45) is 0 Å². The lowest BCUT2D eigenvalue weighted by atomic mass is 9.94. The standard InChI is InChI=1S/C14H17NO4S/c1-9-12-10(16)3-2-4-11(12)19-13(9)14(17)15-5-7-20(18)8-6-15/h2-8H2,1H3. The average Bonchev–Trinajstić information content (AvgIpc) is 2.77. The summed E-state index contributed by atoms with van der Waals surface area (Å²) in [5.41, 5.74) is 1.28. The Labute approximate surface area is 119 Å². The molecule has 0 radical (unpaired) electrons. The monoisotopic (exact) mass is 295 g/mol. The molecule has 20 heavy (non-hydrogen) atoms. The van der Waals surface area contributed by atoms with Gasteiger partial charge in [0.25, 0.3) is 5.91 Å². The molecule has 1 aliphatic heterocycles. The summed E-state index contributed by atoms with van der Waals surface area (Å²) in [5.74, 6) is 1.88. The Kier molecular flexibility index (Phi) is 3.50. The molecule has 0 unspecified atom stereocenters. The second kappa shape index (κ2) is 5.16. The van der Waals surface area contributed by atoms with Crippen molar-refractivity contribution in [1.82, 2.24) is 4.90 Å². The van der Waals surface area contributed by atoms with Gasteiger partial charge in [-0.15, -0.1) is 0 Å². The highest BCUT2D eigenvalue weighted by atomic mass is 32.2. The molecule has 1 aromatic heterocycles. The number of nitrogens with zero attached hydrogens (tertiary/aromatic N) is 1. The number of fused-ring (bicyclic) bond motifs is 1. The number of ketones is 1. The van der Waals surface area contributed by atoms with Gasteiger partial charge in [0.1, 0.15) is 5.76 Å². The van der Waals surface area contributed by atoms with Gasteiger partial charge in [-0.2, -0.15) is 0 Å². The molecule has 1 amide bonds. The van der Waals surface area contributed by atoms with Crippen molar-refractivity contribution < 1.29 is 18.2 Å². The fraction of sp³-hybridized carbons (Fsp3) is 0.571. The fourth-order valence-corrected chi connectivity index (χ4v) is 3.89. The zero-order valence-corrected chi connectivity index (χ0v) is 12.3. The van der Waals surface area contributed by atoms with Crippen LogP contribution in [0.4, 0.5) is 0 Å². The predicted molar refractivity (Wildman–Crippen MR) is 74.5 cm³/mol. The highest BCUT2D eigenvalue weighted by Crippen LogP contribution is 2.30. The minimum atomic E-state index is -0.816. The number of amides is 1. The number of carbonyl (C=O) groups is 2. The summed E-state index contributed by atoms with van der Waals surface area (Å²) >= 11 is 0. The predicted octanol–water partition coefficient (Wildman–Crippen LogP) is 1.31. The third kappa shape index (κ3) is 2.22. The van der Waals surface area contributed by atoms with Gasteiger partial charge in [-0.1, -0.05) is 0 Å². The number of aryl methyl sites for hydroxylation is 1. The lowest BCUT2D eigenvalue weighted by Gasteiger charge is -2.25. The zero-order valence-electron chi connectivity index (χ0n) is 11.4. The van der Waals surface area contributed by atoms with Gasteiger partial charge in [0, 0.05) is 53.8 Å². The number of hydrogen-bond donors (Lipinski definition) is 0. The van der Waals surface area contributed by atoms with Crippen LogP contribution in [0.1, 0.15) is 45.1 Å². The molecule has 5 nitrogen and oxygen atoms in total. The van der Waals surface area contributed by atoms with Crippen LogP contribution in [-0.4, -0.2) is 45.4 Å². The van der Waals surface area contributed by atoms with Crippen molar-refractivity contribution in [2.75, 3.05) is 24.6 Å². The Morgan fingerprint density at radius 1 is 1.25 bits per heavy atom. The molecule has 0 spiro atoms. The molecule has 1 aromatic rings. The molecule has 3 rings (SSSR count). The molecule has 1 aliphatic carbocycles. The van der Waals surface area contributed by atoms with Crippen LogP contribution in [-0.2, 0) is 17.2 Å². The molecular weight excluding hydrogens is 278 g/mol. The van der Waals surface area contributed by atoms with Crippen molar-refractivity contribution in [3.63, 3.8) is 0 Å². The minimum absolute atomic E-state index is 0.0753. The van der Waals surface area contributed by atoms with Crippen molar-refractivity contribution >= 4 is 22.5 Å². The Morgan fingerprint density at radius 3 is 2.60 bits per heavy atom. The van der Waals surface area contributed by atoms with Crippen LogP contribution in [0.2, 0.25) is 0 Å². The molecule has 0 aromatic carbocycles. The van der Waals surface area contributed by atoms with Crippen molar-refractivity contribution in [2.45, 2.75) is 26.2 Å². The Hall–Kier alpha value is -1.43. The average molecular weight is 295 g/mol. The van der Waals surface area contributed by atoms with Gasteiger partial charge in [-0.05, 0) is 13.3 Å². The third-order valence-corrected chi connectivity index (χ3v) is 5.24. The first kappa shape index (κ1) is 13.5. The van der Waals surface area contributed by atoms with Gasteiger partial charge in [-0.25, -0.2) is 0 Å². The van der Waals surface area contributed by atoms with Crippen LogP contribution >= 0.6 is 0 Å². The van der Waals surface area contributed by atoms with E-state index in [0.717, 1.165) is 12.8 Å². The Bertz CT molecular complexity index is 595. The fourth-order valence-electron chi connectivity index (χ4n) is 2.84. The zero-order chi connectivity index (χ0) is 14.3. The molecule has 1 fully saturated rings. The van der Waals surface area contributed by atoms with Crippen molar-refractivity contribution in [3.8, 4) is 0 Å². The van der Waals surface area contributed by atoms with E-state index in [-0.39, 0.29) is 17.5 Å². The smallest absolute Gasteiger partial charge is 0.289 e. The summed E-state index contributed by atoms with van der Waals surface area (Å²) in [6.07, 6.45) is 2.04. The number of rotatable bonds is 1. The van der Waals surface area contributed by atoms with Gasteiger partial charge in [0.15, 0.2) is 11.5 Å². The topological polar surface area (TPSA) is 67.6 Å². The Balaban J connectivity index is 1.89. The van der Waals surface area contributed by atoms with E-state index < -0.39 is 10.8 Å². The van der Waals surface area contributed by atoms with Gasteiger partial charge in [-0.3, -0.25) is 13.8 Å². The second-order valence-electron chi connectivity index (χ2n) is 5.27. The minimum Gasteiger partial charge on any atom is -0.455 e. The van der Waals surface area contributed by atoms with Crippen molar-refractivity contribution in [1.29, 1.82) is 0 Å². The van der Waals surface area contributed by atoms with E-state index in [1.807, 2.05) is 0 Å². The first-order valence-corrected chi connectivity index (χ1v) is 8.36. The molecule has 6 heteroatoms. The SMILES string of the molecule is Cc1c(C(=O)N2CCS(=O)CC2)oc2c1C(=O)CCC2. The molecule has 108 valence electrons. The maximum Gasteiger partial charge on any atom is 0.289 e. The number of Topliss-reactive ketones (excluding diaryl/α,β-unsaturated/α-hetero) is 1. The normalized spacial score (nSPS) is 20.1. The van der Waals surface area contributed by atoms with Crippen LogP contribution in [0.3, 0.4) is 0 Å². The summed E-state index contributed by atoms with van der Waals surface area (Å²) in [6, 6.07) is 0. The maximum atomic E-state index is 12.5. The van der Waals surface area contributed by atoms with E-state index in [2.05, 4.69) is 0 Å². The van der Waals surface area contributed by atoms with Gasteiger partial charge < -0.3 is 9.32 Å². The van der Waals surface area contributed by atoms with E-state index in [1.54, 1.807) is 11.8 Å².